The molecule has 2 unspecified atom stereocenters. The lowest BCUT2D eigenvalue weighted by Crippen LogP contribution is -2.55. The minimum atomic E-state index is -4.87. The normalized spacial score (nSPS) is 22.7. The highest BCUT2D eigenvalue weighted by molar-refractivity contribution is 7.89. The lowest BCUT2D eigenvalue weighted by Gasteiger charge is -2.40. The predicted octanol–water partition coefficient (Wildman–Crippen LogP) is 3.85. The van der Waals surface area contributed by atoms with E-state index in [9.17, 15) is 26.7 Å². The maximum absolute atomic E-state index is 13.2. The van der Waals surface area contributed by atoms with Crippen molar-refractivity contribution in [2.75, 3.05) is 26.2 Å². The van der Waals surface area contributed by atoms with Crippen LogP contribution >= 0.6 is 0 Å². The van der Waals surface area contributed by atoms with Gasteiger partial charge in [0, 0.05) is 56.6 Å². The molecular weight excluding hydrogens is 481 g/mol. The quantitative estimate of drug-likeness (QED) is 0.605. The van der Waals surface area contributed by atoms with Crippen LogP contribution in [-0.4, -0.2) is 70.7 Å². The summed E-state index contributed by atoms with van der Waals surface area (Å²) in [5.41, 5.74) is -3.25. The van der Waals surface area contributed by atoms with Gasteiger partial charge < -0.3 is 9.67 Å². The lowest BCUT2D eigenvalue weighted by atomic mass is 9.96. The molecule has 1 aliphatic carbocycles. The standard InChI is InChI=1S/C22H29F3N4O3S.C2H6/c1-17-13-27(14-21(7-8-21)15-28-10-9-26-16-28)11-12-29(17)33(31,32)19-5-3-18(4-6-19)20(2,30)22(23,24)25;1-2/h3-6,9-10,16-17,30H,7-8,11-15H2,1-2H3;1-2H3. The van der Waals surface area contributed by atoms with Crippen LogP contribution in [0.2, 0.25) is 0 Å². The Balaban J connectivity index is 0.00000167. The van der Waals surface area contributed by atoms with Gasteiger partial charge >= 0.3 is 6.18 Å². The Hall–Kier alpha value is -1.95. The van der Waals surface area contributed by atoms with Crippen LogP contribution in [-0.2, 0) is 22.2 Å². The molecule has 0 radical (unpaired) electrons. The second kappa shape index (κ2) is 10.2. The molecule has 1 saturated heterocycles. The van der Waals surface area contributed by atoms with Crippen LogP contribution in [0.1, 0.15) is 46.1 Å². The average Bonchev–Trinajstić information content (AvgIpc) is 3.34. The maximum atomic E-state index is 13.2. The Bertz CT molecular complexity index is 1070. The van der Waals surface area contributed by atoms with Crippen LogP contribution in [0.5, 0.6) is 0 Å². The van der Waals surface area contributed by atoms with E-state index >= 15 is 0 Å². The summed E-state index contributed by atoms with van der Waals surface area (Å²) in [5.74, 6) is 0. The molecule has 0 spiro atoms. The van der Waals surface area contributed by atoms with Gasteiger partial charge in [0.25, 0.3) is 0 Å². The summed E-state index contributed by atoms with van der Waals surface area (Å²) in [7, 11) is -3.87. The molecule has 11 heteroatoms. The van der Waals surface area contributed by atoms with Gasteiger partial charge in [-0.1, -0.05) is 26.0 Å². The van der Waals surface area contributed by atoms with Crippen LogP contribution in [0.15, 0.2) is 47.9 Å². The maximum Gasteiger partial charge on any atom is 0.421 e. The molecule has 2 heterocycles. The lowest BCUT2D eigenvalue weighted by molar-refractivity contribution is -0.258. The number of imidazole rings is 1. The first-order chi connectivity index (χ1) is 16.3. The Kier molecular flexibility index (Phi) is 8.05. The molecule has 4 rings (SSSR count). The Labute approximate surface area is 205 Å². The number of benzene rings is 1. The van der Waals surface area contributed by atoms with Gasteiger partial charge in [-0.3, -0.25) is 4.90 Å². The molecule has 2 aliphatic rings. The topological polar surface area (TPSA) is 78.7 Å². The third-order valence-electron chi connectivity index (χ3n) is 6.82. The number of aliphatic hydroxyl groups is 1. The second-order valence-corrected chi connectivity index (χ2v) is 11.4. The van der Waals surface area contributed by atoms with Crippen LogP contribution in [0, 0.1) is 5.41 Å². The van der Waals surface area contributed by atoms with Gasteiger partial charge in [-0.15, -0.1) is 0 Å². The van der Waals surface area contributed by atoms with Crippen molar-refractivity contribution in [3.63, 3.8) is 0 Å². The monoisotopic (exact) mass is 516 g/mol. The molecule has 196 valence electrons. The fourth-order valence-electron chi connectivity index (χ4n) is 4.55. The highest BCUT2D eigenvalue weighted by atomic mass is 32.2. The number of alkyl halides is 3. The Morgan fingerprint density at radius 2 is 1.74 bits per heavy atom. The van der Waals surface area contributed by atoms with Gasteiger partial charge in [-0.2, -0.15) is 17.5 Å². The van der Waals surface area contributed by atoms with Crippen molar-refractivity contribution >= 4 is 10.0 Å². The first-order valence-electron chi connectivity index (χ1n) is 11.9. The summed E-state index contributed by atoms with van der Waals surface area (Å²) in [4.78, 5) is 6.31. The van der Waals surface area contributed by atoms with E-state index in [2.05, 4.69) is 14.5 Å². The van der Waals surface area contributed by atoms with Crippen LogP contribution < -0.4 is 0 Å². The largest absolute Gasteiger partial charge is 0.421 e. The first-order valence-corrected chi connectivity index (χ1v) is 13.4. The van der Waals surface area contributed by atoms with Gasteiger partial charge in [-0.25, -0.2) is 13.4 Å². The molecule has 1 aliphatic heterocycles. The minimum absolute atomic E-state index is 0.0803. The van der Waals surface area contributed by atoms with Crippen molar-refractivity contribution < 1.29 is 26.7 Å². The summed E-state index contributed by atoms with van der Waals surface area (Å²) in [6.45, 7) is 9.78. The number of halogens is 3. The van der Waals surface area contributed by atoms with Crippen molar-refractivity contribution in [1.82, 2.24) is 18.8 Å². The molecule has 2 aromatic rings. The van der Waals surface area contributed by atoms with E-state index in [-0.39, 0.29) is 16.4 Å². The first kappa shape index (κ1) is 27.6. The summed E-state index contributed by atoms with van der Waals surface area (Å²) < 4.78 is 69.1. The number of nitrogens with zero attached hydrogens (tertiary/aromatic N) is 4. The molecule has 1 saturated carbocycles. The highest BCUT2D eigenvalue weighted by Crippen LogP contribution is 2.48. The summed E-state index contributed by atoms with van der Waals surface area (Å²) in [6, 6.07) is 4.04. The zero-order chi connectivity index (χ0) is 26.1. The molecule has 1 N–H and O–H groups in total. The fraction of sp³-hybridized carbons (Fsp3) is 0.625. The van der Waals surface area contributed by atoms with Crippen molar-refractivity contribution in [2.45, 2.75) is 69.8 Å². The van der Waals surface area contributed by atoms with E-state index in [4.69, 9.17) is 0 Å². The molecule has 7 nitrogen and oxygen atoms in total. The molecule has 0 bridgehead atoms. The van der Waals surface area contributed by atoms with E-state index in [0.29, 0.717) is 26.6 Å². The number of hydrogen-bond acceptors (Lipinski definition) is 5. The molecule has 35 heavy (non-hydrogen) atoms. The van der Waals surface area contributed by atoms with Crippen molar-refractivity contribution in [2.24, 2.45) is 5.41 Å². The smallest absolute Gasteiger partial charge is 0.376 e. The van der Waals surface area contributed by atoms with E-state index in [1.54, 1.807) is 6.20 Å². The number of hydrogen-bond donors (Lipinski definition) is 1. The van der Waals surface area contributed by atoms with E-state index < -0.39 is 27.4 Å². The summed E-state index contributed by atoms with van der Waals surface area (Å²) >= 11 is 0. The second-order valence-electron chi connectivity index (χ2n) is 9.53. The third-order valence-corrected chi connectivity index (χ3v) is 8.85. The fourth-order valence-corrected chi connectivity index (χ4v) is 6.17. The summed E-state index contributed by atoms with van der Waals surface area (Å²) in [6.07, 6.45) is 2.92. The van der Waals surface area contributed by atoms with E-state index in [0.717, 1.165) is 50.2 Å². The number of sulfonamides is 1. The molecule has 2 fully saturated rings. The highest BCUT2D eigenvalue weighted by Gasteiger charge is 2.51. The van der Waals surface area contributed by atoms with Crippen LogP contribution in [0.3, 0.4) is 0 Å². The zero-order valence-electron chi connectivity index (χ0n) is 20.7. The molecule has 2 atom stereocenters. The van der Waals surface area contributed by atoms with Crippen LogP contribution in [0.4, 0.5) is 13.2 Å². The van der Waals surface area contributed by atoms with E-state index in [1.807, 2.05) is 33.3 Å². The molecule has 1 aromatic heterocycles. The van der Waals surface area contributed by atoms with Gasteiger partial charge in [0.1, 0.15) is 0 Å². The van der Waals surface area contributed by atoms with Gasteiger partial charge in [0.15, 0.2) is 5.60 Å². The number of piperazine rings is 1. The molecule has 0 amide bonds. The van der Waals surface area contributed by atoms with Gasteiger partial charge in [0.05, 0.1) is 11.2 Å². The predicted molar refractivity (Wildman–Crippen MR) is 127 cm³/mol. The van der Waals surface area contributed by atoms with Crippen LogP contribution in [0.25, 0.3) is 0 Å². The number of aromatic nitrogens is 2. The average molecular weight is 517 g/mol. The van der Waals surface area contributed by atoms with Crippen molar-refractivity contribution in [3.05, 3.63) is 48.5 Å². The Morgan fingerprint density at radius 1 is 1.11 bits per heavy atom. The third kappa shape index (κ3) is 5.90. The summed E-state index contributed by atoms with van der Waals surface area (Å²) in [5, 5.41) is 9.82. The van der Waals surface area contributed by atoms with E-state index in [1.165, 1.54) is 4.31 Å². The number of rotatable bonds is 7. The van der Waals surface area contributed by atoms with Gasteiger partial charge in [0.2, 0.25) is 10.0 Å². The van der Waals surface area contributed by atoms with Crippen molar-refractivity contribution in [1.29, 1.82) is 0 Å². The minimum Gasteiger partial charge on any atom is -0.376 e. The molecule has 1 aromatic carbocycles. The SMILES string of the molecule is CC.CC1CN(CC2(Cn3ccnc3)CC2)CCN1S(=O)(=O)c1ccc(C(C)(O)C(F)(F)F)cc1. The Morgan fingerprint density at radius 3 is 2.23 bits per heavy atom. The molecular formula is C24H35F3N4O3S. The zero-order valence-corrected chi connectivity index (χ0v) is 21.5. The van der Waals surface area contributed by atoms with Crippen molar-refractivity contribution in [3.8, 4) is 0 Å². The van der Waals surface area contributed by atoms with Gasteiger partial charge in [-0.05, 0) is 44.4 Å².